The molecule has 0 bridgehead atoms. The monoisotopic (exact) mass is 326 g/mol. The van der Waals surface area contributed by atoms with E-state index in [0.717, 1.165) is 10.1 Å². The molecule has 0 saturated carbocycles. The minimum atomic E-state index is -2.63. The van der Waals surface area contributed by atoms with Crippen LogP contribution >= 0.6 is 11.8 Å². The summed E-state index contributed by atoms with van der Waals surface area (Å²) in [6.45, 7) is -0.839. The highest BCUT2D eigenvalue weighted by atomic mass is 32.2. The van der Waals surface area contributed by atoms with Crippen LogP contribution in [0.15, 0.2) is 34.3 Å². The molecular formula is C12H12F2N6OS. The first-order chi connectivity index (χ1) is 10.6. The quantitative estimate of drug-likeness (QED) is 0.572. The van der Waals surface area contributed by atoms with Crippen molar-refractivity contribution in [1.82, 2.24) is 24.4 Å². The predicted octanol–water partition coefficient (Wildman–Crippen LogP) is 2.44. The van der Waals surface area contributed by atoms with Gasteiger partial charge in [0.1, 0.15) is 11.6 Å². The fourth-order valence-electron chi connectivity index (χ4n) is 1.94. The summed E-state index contributed by atoms with van der Waals surface area (Å²) in [5.41, 5.74) is 0.732. The number of hydrogen-bond acceptors (Lipinski definition) is 6. The van der Waals surface area contributed by atoms with E-state index in [1.54, 1.807) is 13.0 Å². The molecule has 116 valence electrons. The first-order valence-corrected chi connectivity index (χ1v) is 7.24. The van der Waals surface area contributed by atoms with Crippen LogP contribution < -0.4 is 5.84 Å². The normalized spacial score (nSPS) is 11.5. The number of nitrogens with zero attached hydrogens (tertiary/aromatic N) is 5. The standard InChI is InChI=1S/C12H12F2N6OS/c1-7-8(2-5-21-7)10-17-18-12(20(10)15)22-6-9-16-3-4-19(9)11(13)14/h2-5,11H,6,15H2,1H3. The van der Waals surface area contributed by atoms with Crippen molar-refractivity contribution in [1.29, 1.82) is 0 Å². The number of alkyl halides is 2. The number of hydrogen-bond donors (Lipinski definition) is 1. The molecule has 0 aliphatic rings. The van der Waals surface area contributed by atoms with Gasteiger partial charge in [-0.15, -0.1) is 10.2 Å². The van der Waals surface area contributed by atoms with Crippen molar-refractivity contribution in [3.05, 3.63) is 36.3 Å². The van der Waals surface area contributed by atoms with Crippen molar-refractivity contribution in [2.75, 3.05) is 5.84 Å². The first kappa shape index (κ1) is 14.6. The van der Waals surface area contributed by atoms with Gasteiger partial charge in [-0.1, -0.05) is 11.8 Å². The van der Waals surface area contributed by atoms with Gasteiger partial charge in [0.2, 0.25) is 5.16 Å². The van der Waals surface area contributed by atoms with Gasteiger partial charge in [-0.3, -0.25) is 4.57 Å². The third-order valence-corrected chi connectivity index (χ3v) is 3.99. The Kier molecular flexibility index (Phi) is 3.84. The van der Waals surface area contributed by atoms with Crippen LogP contribution in [0.25, 0.3) is 11.4 Å². The maximum absolute atomic E-state index is 12.7. The second-order valence-corrected chi connectivity index (χ2v) is 5.33. The Balaban J connectivity index is 1.78. The van der Waals surface area contributed by atoms with Gasteiger partial charge in [-0.2, -0.15) is 8.78 Å². The van der Waals surface area contributed by atoms with Gasteiger partial charge in [0.05, 0.1) is 17.6 Å². The molecule has 2 N–H and O–H groups in total. The van der Waals surface area contributed by atoms with Gasteiger partial charge in [-0.05, 0) is 13.0 Å². The van der Waals surface area contributed by atoms with Crippen LogP contribution in [0, 0.1) is 6.92 Å². The van der Waals surface area contributed by atoms with E-state index in [9.17, 15) is 8.78 Å². The van der Waals surface area contributed by atoms with Gasteiger partial charge in [0, 0.05) is 12.4 Å². The van der Waals surface area contributed by atoms with E-state index in [1.807, 2.05) is 0 Å². The lowest BCUT2D eigenvalue weighted by atomic mass is 10.2. The highest BCUT2D eigenvalue weighted by molar-refractivity contribution is 7.98. The molecule has 3 heterocycles. The second-order valence-electron chi connectivity index (χ2n) is 4.38. The zero-order chi connectivity index (χ0) is 15.7. The number of aromatic nitrogens is 5. The largest absolute Gasteiger partial charge is 0.469 e. The number of halogens is 2. The number of nitrogen functional groups attached to an aromatic ring is 1. The summed E-state index contributed by atoms with van der Waals surface area (Å²) in [5, 5.41) is 8.38. The average molecular weight is 326 g/mol. The third kappa shape index (κ3) is 2.56. The van der Waals surface area contributed by atoms with Crippen molar-refractivity contribution >= 4 is 11.8 Å². The Morgan fingerprint density at radius 2 is 2.23 bits per heavy atom. The summed E-state index contributed by atoms with van der Waals surface area (Å²) in [7, 11) is 0. The van der Waals surface area contributed by atoms with Crippen molar-refractivity contribution in [2.45, 2.75) is 24.4 Å². The molecule has 0 radical (unpaired) electrons. The van der Waals surface area contributed by atoms with Crippen LogP contribution in [-0.4, -0.2) is 24.4 Å². The molecule has 0 atom stereocenters. The second kappa shape index (κ2) is 5.79. The van der Waals surface area contributed by atoms with Gasteiger partial charge in [-0.25, -0.2) is 9.66 Å². The Labute approximate surface area is 128 Å². The van der Waals surface area contributed by atoms with Crippen LogP contribution in [0.3, 0.4) is 0 Å². The fourth-order valence-corrected chi connectivity index (χ4v) is 2.74. The van der Waals surface area contributed by atoms with Crippen LogP contribution in [-0.2, 0) is 5.75 Å². The minimum absolute atomic E-state index is 0.205. The molecule has 0 aromatic carbocycles. The highest BCUT2D eigenvalue weighted by Crippen LogP contribution is 2.27. The van der Waals surface area contributed by atoms with E-state index in [0.29, 0.717) is 16.7 Å². The molecule has 0 amide bonds. The number of imidazole rings is 1. The smallest absolute Gasteiger partial charge is 0.319 e. The molecular weight excluding hydrogens is 314 g/mol. The maximum Gasteiger partial charge on any atom is 0.319 e. The summed E-state index contributed by atoms with van der Waals surface area (Å²) in [5.74, 6) is 7.52. The molecule has 0 aliphatic carbocycles. The molecule has 0 aliphatic heterocycles. The lowest BCUT2D eigenvalue weighted by molar-refractivity contribution is 0.0678. The maximum atomic E-state index is 12.7. The average Bonchev–Trinajstić information content (AvgIpc) is 3.17. The molecule has 3 aromatic rings. The molecule has 10 heteroatoms. The Morgan fingerprint density at radius 1 is 1.41 bits per heavy atom. The van der Waals surface area contributed by atoms with Crippen LogP contribution in [0.5, 0.6) is 0 Å². The van der Waals surface area contributed by atoms with Crippen molar-refractivity contribution < 1.29 is 13.2 Å². The van der Waals surface area contributed by atoms with Gasteiger partial charge >= 0.3 is 6.55 Å². The highest BCUT2D eigenvalue weighted by Gasteiger charge is 2.17. The van der Waals surface area contributed by atoms with Gasteiger partial charge < -0.3 is 10.3 Å². The SMILES string of the molecule is Cc1occc1-c1nnc(SCc2nccn2C(F)F)n1N. The van der Waals surface area contributed by atoms with E-state index >= 15 is 0 Å². The van der Waals surface area contributed by atoms with Crippen molar-refractivity contribution in [2.24, 2.45) is 0 Å². The molecule has 22 heavy (non-hydrogen) atoms. The van der Waals surface area contributed by atoms with Gasteiger partial charge in [0.15, 0.2) is 5.82 Å². The number of rotatable bonds is 5. The van der Waals surface area contributed by atoms with Gasteiger partial charge in [0.25, 0.3) is 0 Å². The number of thioether (sulfide) groups is 1. The van der Waals surface area contributed by atoms with Crippen LogP contribution in [0.2, 0.25) is 0 Å². The zero-order valence-electron chi connectivity index (χ0n) is 11.5. The number of aryl methyl sites for hydroxylation is 1. The van der Waals surface area contributed by atoms with Crippen LogP contribution in [0.4, 0.5) is 8.78 Å². The van der Waals surface area contributed by atoms with E-state index in [2.05, 4.69) is 15.2 Å². The lowest BCUT2D eigenvalue weighted by Crippen LogP contribution is -2.12. The Bertz CT molecular complexity index is 780. The lowest BCUT2D eigenvalue weighted by Gasteiger charge is -2.06. The number of furan rings is 1. The topological polar surface area (TPSA) is 87.7 Å². The van der Waals surface area contributed by atoms with E-state index in [-0.39, 0.29) is 11.6 Å². The number of nitrogens with two attached hydrogens (primary N) is 1. The van der Waals surface area contributed by atoms with Crippen molar-refractivity contribution in [3.8, 4) is 11.4 Å². The first-order valence-electron chi connectivity index (χ1n) is 6.25. The molecule has 0 spiro atoms. The third-order valence-electron chi connectivity index (χ3n) is 3.05. The molecule has 3 rings (SSSR count). The van der Waals surface area contributed by atoms with E-state index < -0.39 is 6.55 Å². The minimum Gasteiger partial charge on any atom is -0.469 e. The zero-order valence-corrected chi connectivity index (χ0v) is 12.3. The molecule has 3 aromatic heterocycles. The summed E-state index contributed by atoms with van der Waals surface area (Å²) >= 11 is 1.18. The molecule has 7 nitrogen and oxygen atoms in total. The molecule has 0 unspecified atom stereocenters. The molecule has 0 saturated heterocycles. The summed E-state index contributed by atoms with van der Waals surface area (Å²) in [6.07, 6.45) is 4.09. The Morgan fingerprint density at radius 3 is 2.91 bits per heavy atom. The van der Waals surface area contributed by atoms with Crippen LogP contribution in [0.1, 0.15) is 18.1 Å². The van der Waals surface area contributed by atoms with Crippen molar-refractivity contribution in [3.63, 3.8) is 0 Å². The predicted molar refractivity (Wildman–Crippen MR) is 75.7 cm³/mol. The Hall–Kier alpha value is -2.36. The van der Waals surface area contributed by atoms with E-state index in [4.69, 9.17) is 10.3 Å². The summed E-state index contributed by atoms with van der Waals surface area (Å²) in [4.78, 5) is 3.90. The van der Waals surface area contributed by atoms with E-state index in [1.165, 1.54) is 35.1 Å². The summed E-state index contributed by atoms with van der Waals surface area (Å²) in [6, 6.07) is 1.74. The summed E-state index contributed by atoms with van der Waals surface area (Å²) < 4.78 is 32.8. The fraction of sp³-hybridized carbons (Fsp3) is 0.250. The molecule has 0 fully saturated rings.